The first-order chi connectivity index (χ1) is 8.60. The molecule has 0 saturated carbocycles. The molecule has 0 aliphatic carbocycles. The highest BCUT2D eigenvalue weighted by molar-refractivity contribution is 9.10. The van der Waals surface area contributed by atoms with Gasteiger partial charge in [-0.1, -0.05) is 21.1 Å². The maximum absolute atomic E-state index is 5.67. The topological polar surface area (TPSA) is 61.3 Å². The third-order valence-electron chi connectivity index (χ3n) is 2.61. The maximum atomic E-state index is 5.67. The van der Waals surface area contributed by atoms with Crippen molar-refractivity contribution in [3.05, 3.63) is 45.3 Å². The lowest BCUT2D eigenvalue weighted by atomic mass is 10.1. The molecule has 0 spiro atoms. The molecule has 0 radical (unpaired) electrons. The lowest BCUT2D eigenvalue weighted by molar-refractivity contribution is 0.248. The van der Waals surface area contributed by atoms with Crippen LogP contribution in [0.3, 0.4) is 0 Å². The maximum Gasteiger partial charge on any atom is 0.174 e. The molecular weight excluding hydrogens is 296 g/mol. The van der Waals surface area contributed by atoms with E-state index in [2.05, 4.69) is 21.1 Å². The van der Waals surface area contributed by atoms with Gasteiger partial charge in [-0.3, -0.25) is 0 Å². The Balaban J connectivity index is 2.06. The zero-order valence-corrected chi connectivity index (χ0v) is 12.0. The van der Waals surface area contributed by atoms with Crippen molar-refractivity contribution in [2.75, 3.05) is 0 Å². The van der Waals surface area contributed by atoms with Crippen molar-refractivity contribution in [3.63, 3.8) is 0 Å². The quantitative estimate of drug-likeness (QED) is 0.942. The van der Waals surface area contributed by atoms with Crippen LogP contribution in [0.5, 0.6) is 5.75 Å². The van der Waals surface area contributed by atoms with Gasteiger partial charge in [0.2, 0.25) is 0 Å². The van der Waals surface area contributed by atoms with Gasteiger partial charge in [0.25, 0.3) is 0 Å². The van der Waals surface area contributed by atoms with Gasteiger partial charge >= 0.3 is 0 Å². The third kappa shape index (κ3) is 2.91. The van der Waals surface area contributed by atoms with Crippen LogP contribution in [0, 0.1) is 13.8 Å². The van der Waals surface area contributed by atoms with Crippen LogP contribution in [0.4, 0.5) is 0 Å². The minimum Gasteiger partial charge on any atom is -0.486 e. The molecule has 2 aromatic rings. The van der Waals surface area contributed by atoms with Crippen molar-refractivity contribution in [3.8, 4) is 5.75 Å². The van der Waals surface area contributed by atoms with Gasteiger partial charge in [-0.05, 0) is 37.1 Å². The number of aromatic nitrogens is 1. The van der Waals surface area contributed by atoms with E-state index in [0.717, 1.165) is 27.0 Å². The number of hydrogen-bond donors (Lipinski definition) is 1. The predicted octanol–water partition coefficient (Wildman–Crippen LogP) is 3.09. The average molecular weight is 311 g/mol. The fourth-order valence-corrected chi connectivity index (χ4v) is 1.89. The number of hydrogen-bond acceptors (Lipinski definition) is 4. The van der Waals surface area contributed by atoms with E-state index in [-0.39, 0.29) is 0 Å². The molecule has 0 bridgehead atoms. The summed E-state index contributed by atoms with van der Waals surface area (Å²) in [6, 6.07) is 5.77. The molecule has 5 heteroatoms. The highest BCUT2D eigenvalue weighted by Gasteiger charge is 2.06. The van der Waals surface area contributed by atoms with Crippen LogP contribution in [-0.4, -0.2) is 5.16 Å². The molecule has 4 nitrogen and oxygen atoms in total. The molecule has 0 aliphatic rings. The Morgan fingerprint density at radius 1 is 1.28 bits per heavy atom. The molecule has 0 aliphatic heterocycles. The second kappa shape index (κ2) is 5.54. The Morgan fingerprint density at radius 2 is 1.94 bits per heavy atom. The molecule has 18 heavy (non-hydrogen) atoms. The molecule has 0 fully saturated rings. The summed E-state index contributed by atoms with van der Waals surface area (Å²) in [5.41, 5.74) is 8.48. The van der Waals surface area contributed by atoms with Gasteiger partial charge < -0.3 is 15.0 Å². The summed E-state index contributed by atoms with van der Waals surface area (Å²) in [5.74, 6) is 1.49. The molecule has 1 aromatic carbocycles. The number of benzene rings is 1. The molecule has 2 N–H and O–H groups in total. The second-order valence-corrected chi connectivity index (χ2v) is 4.94. The largest absolute Gasteiger partial charge is 0.486 e. The summed E-state index contributed by atoms with van der Waals surface area (Å²) < 4.78 is 11.9. The van der Waals surface area contributed by atoms with Crippen LogP contribution >= 0.6 is 15.9 Å². The first-order valence-corrected chi connectivity index (χ1v) is 6.43. The van der Waals surface area contributed by atoms with Gasteiger partial charge in [-0.15, -0.1) is 0 Å². The summed E-state index contributed by atoms with van der Waals surface area (Å²) in [6.07, 6.45) is 0. The van der Waals surface area contributed by atoms with Crippen LogP contribution in [-0.2, 0) is 13.2 Å². The Morgan fingerprint density at radius 3 is 2.50 bits per heavy atom. The SMILES string of the molecule is Cc1cc(OCc2cc(CN)no2)cc(C)c1Br. The summed E-state index contributed by atoms with van der Waals surface area (Å²) in [4.78, 5) is 0. The first-order valence-electron chi connectivity index (χ1n) is 5.64. The highest BCUT2D eigenvalue weighted by Crippen LogP contribution is 2.26. The smallest absolute Gasteiger partial charge is 0.174 e. The minimum absolute atomic E-state index is 0.355. The van der Waals surface area contributed by atoms with Crippen molar-refractivity contribution in [2.45, 2.75) is 27.0 Å². The van der Waals surface area contributed by atoms with Crippen LogP contribution in [0.25, 0.3) is 0 Å². The van der Waals surface area contributed by atoms with E-state index in [1.165, 1.54) is 0 Å². The van der Waals surface area contributed by atoms with Crippen LogP contribution in [0.1, 0.15) is 22.6 Å². The number of nitrogens with two attached hydrogens (primary N) is 1. The molecule has 0 amide bonds. The second-order valence-electron chi connectivity index (χ2n) is 4.15. The first kappa shape index (κ1) is 13.1. The standard InChI is InChI=1S/C13H15BrN2O2/c1-8-3-11(4-9(2)13(8)14)17-7-12-5-10(6-15)16-18-12/h3-5H,6-7,15H2,1-2H3. The summed E-state index contributed by atoms with van der Waals surface area (Å²) in [6.45, 7) is 4.79. The van der Waals surface area contributed by atoms with Crippen LogP contribution < -0.4 is 10.5 Å². The summed E-state index contributed by atoms with van der Waals surface area (Å²) >= 11 is 3.52. The number of aryl methyl sites for hydroxylation is 2. The summed E-state index contributed by atoms with van der Waals surface area (Å²) in [7, 11) is 0. The highest BCUT2D eigenvalue weighted by atomic mass is 79.9. The van der Waals surface area contributed by atoms with Gasteiger partial charge in [0, 0.05) is 17.1 Å². The zero-order valence-electron chi connectivity index (χ0n) is 10.4. The fraction of sp³-hybridized carbons (Fsp3) is 0.308. The lowest BCUT2D eigenvalue weighted by Crippen LogP contribution is -1.96. The molecule has 0 atom stereocenters. The van der Waals surface area contributed by atoms with Crippen LogP contribution in [0.15, 0.2) is 27.2 Å². The summed E-state index contributed by atoms with van der Waals surface area (Å²) in [5, 5.41) is 3.81. The van der Waals surface area contributed by atoms with Gasteiger partial charge in [-0.25, -0.2) is 0 Å². The van der Waals surface area contributed by atoms with E-state index in [1.807, 2.05) is 26.0 Å². The molecule has 0 saturated heterocycles. The van der Waals surface area contributed by atoms with E-state index in [4.69, 9.17) is 15.0 Å². The molecule has 96 valence electrons. The van der Waals surface area contributed by atoms with E-state index < -0.39 is 0 Å². The molecular formula is C13H15BrN2O2. The molecule has 1 aromatic heterocycles. The lowest BCUT2D eigenvalue weighted by Gasteiger charge is -2.08. The van der Waals surface area contributed by atoms with Gasteiger partial charge in [-0.2, -0.15) is 0 Å². The number of rotatable bonds is 4. The average Bonchev–Trinajstić information content (AvgIpc) is 2.81. The normalized spacial score (nSPS) is 10.7. The van der Waals surface area contributed by atoms with E-state index >= 15 is 0 Å². The van der Waals surface area contributed by atoms with Crippen LogP contribution in [0.2, 0.25) is 0 Å². The zero-order chi connectivity index (χ0) is 13.1. The van der Waals surface area contributed by atoms with Gasteiger partial charge in [0.05, 0.1) is 5.69 Å². The molecule has 0 unspecified atom stereocenters. The van der Waals surface area contributed by atoms with Crippen molar-refractivity contribution >= 4 is 15.9 Å². The van der Waals surface area contributed by atoms with Crippen molar-refractivity contribution in [1.29, 1.82) is 0 Å². The fourth-order valence-electron chi connectivity index (χ4n) is 1.66. The Labute approximate surface area is 114 Å². The van der Waals surface area contributed by atoms with Gasteiger partial charge in [0.1, 0.15) is 12.4 Å². The Kier molecular flexibility index (Phi) is 4.04. The number of halogens is 1. The van der Waals surface area contributed by atoms with E-state index in [9.17, 15) is 0 Å². The number of nitrogens with zero attached hydrogens (tertiary/aromatic N) is 1. The molecule has 1 heterocycles. The third-order valence-corrected chi connectivity index (χ3v) is 3.86. The molecule has 2 rings (SSSR count). The van der Waals surface area contributed by atoms with E-state index in [0.29, 0.717) is 18.9 Å². The predicted molar refractivity (Wildman–Crippen MR) is 72.3 cm³/mol. The van der Waals surface area contributed by atoms with Gasteiger partial charge in [0.15, 0.2) is 5.76 Å². The van der Waals surface area contributed by atoms with Crippen molar-refractivity contribution < 1.29 is 9.26 Å². The van der Waals surface area contributed by atoms with E-state index in [1.54, 1.807) is 6.07 Å². The minimum atomic E-state index is 0.355. The van der Waals surface area contributed by atoms with Crippen molar-refractivity contribution in [1.82, 2.24) is 5.16 Å². The monoisotopic (exact) mass is 310 g/mol. The Bertz CT molecular complexity index is 529. The Hall–Kier alpha value is -1.33. The van der Waals surface area contributed by atoms with Crippen molar-refractivity contribution in [2.24, 2.45) is 5.73 Å². The number of ether oxygens (including phenoxy) is 1.